The Morgan fingerprint density at radius 3 is 2.50 bits per heavy atom. The van der Waals surface area contributed by atoms with Gasteiger partial charge in [-0.25, -0.2) is 0 Å². The molecule has 0 bridgehead atoms. The standard InChI is InChI=1S/C17H25NO2/c1-4-13-20-15-10-6-5-9-14(15)16(19)17(18(2)3)11-7-8-12-17/h5-6,9-10H,4,7-8,11-13H2,1-3H3. The fraction of sp³-hybridized carbons (Fsp3) is 0.588. The molecule has 0 atom stereocenters. The van der Waals surface area contributed by atoms with Gasteiger partial charge in [-0.2, -0.15) is 0 Å². The fourth-order valence-electron chi connectivity index (χ4n) is 3.08. The van der Waals surface area contributed by atoms with Crippen LogP contribution in [0.1, 0.15) is 49.4 Å². The van der Waals surface area contributed by atoms with E-state index in [0.29, 0.717) is 6.61 Å². The van der Waals surface area contributed by atoms with Gasteiger partial charge in [-0.3, -0.25) is 9.69 Å². The third-order valence-electron chi connectivity index (χ3n) is 4.30. The largest absolute Gasteiger partial charge is 0.493 e. The number of likely N-dealkylation sites (N-methyl/N-ethyl adjacent to an activating group) is 1. The van der Waals surface area contributed by atoms with Crippen molar-refractivity contribution in [1.29, 1.82) is 0 Å². The van der Waals surface area contributed by atoms with Crippen LogP contribution in [0.4, 0.5) is 0 Å². The molecule has 0 aliphatic heterocycles. The van der Waals surface area contributed by atoms with E-state index in [1.165, 1.54) is 0 Å². The summed E-state index contributed by atoms with van der Waals surface area (Å²) in [5.74, 6) is 0.944. The van der Waals surface area contributed by atoms with Crippen molar-refractivity contribution in [2.45, 2.75) is 44.6 Å². The highest BCUT2D eigenvalue weighted by molar-refractivity contribution is 6.05. The van der Waals surface area contributed by atoms with Gasteiger partial charge in [0, 0.05) is 0 Å². The summed E-state index contributed by atoms with van der Waals surface area (Å²) in [6.45, 7) is 2.72. The molecule has 3 heteroatoms. The molecule has 1 aliphatic rings. The lowest BCUT2D eigenvalue weighted by atomic mass is 9.86. The van der Waals surface area contributed by atoms with Crippen LogP contribution in [0.5, 0.6) is 5.75 Å². The second-order valence-corrected chi connectivity index (χ2v) is 5.81. The van der Waals surface area contributed by atoms with Gasteiger partial charge in [0.25, 0.3) is 0 Å². The van der Waals surface area contributed by atoms with Crippen LogP contribution in [-0.4, -0.2) is 36.9 Å². The minimum atomic E-state index is -0.342. The van der Waals surface area contributed by atoms with Crippen molar-refractivity contribution in [3.8, 4) is 5.75 Å². The first-order valence-corrected chi connectivity index (χ1v) is 7.56. The van der Waals surface area contributed by atoms with E-state index in [9.17, 15) is 4.79 Å². The maximum absolute atomic E-state index is 13.1. The zero-order valence-electron chi connectivity index (χ0n) is 12.8. The third-order valence-corrected chi connectivity index (χ3v) is 4.30. The van der Waals surface area contributed by atoms with Gasteiger partial charge >= 0.3 is 0 Å². The first-order valence-electron chi connectivity index (χ1n) is 7.56. The van der Waals surface area contributed by atoms with Gasteiger partial charge < -0.3 is 4.74 Å². The monoisotopic (exact) mass is 275 g/mol. The Balaban J connectivity index is 2.32. The molecule has 0 saturated heterocycles. The van der Waals surface area contributed by atoms with Crippen LogP contribution in [0.15, 0.2) is 24.3 Å². The van der Waals surface area contributed by atoms with Gasteiger partial charge in [0.05, 0.1) is 17.7 Å². The lowest BCUT2D eigenvalue weighted by Crippen LogP contribution is -2.49. The average Bonchev–Trinajstić information content (AvgIpc) is 2.95. The van der Waals surface area contributed by atoms with Crippen LogP contribution in [-0.2, 0) is 0 Å². The smallest absolute Gasteiger partial charge is 0.186 e. The fourth-order valence-corrected chi connectivity index (χ4v) is 3.08. The van der Waals surface area contributed by atoms with Crippen molar-refractivity contribution in [3.63, 3.8) is 0 Å². The maximum Gasteiger partial charge on any atom is 0.186 e. The molecule has 0 spiro atoms. The number of ether oxygens (including phenoxy) is 1. The molecule has 2 rings (SSSR count). The third kappa shape index (κ3) is 2.73. The molecular formula is C17H25NO2. The normalized spacial score (nSPS) is 17.4. The van der Waals surface area contributed by atoms with Crippen molar-refractivity contribution in [1.82, 2.24) is 4.90 Å². The van der Waals surface area contributed by atoms with Gasteiger partial charge in [0.2, 0.25) is 0 Å². The van der Waals surface area contributed by atoms with E-state index >= 15 is 0 Å². The molecule has 1 fully saturated rings. The van der Waals surface area contributed by atoms with Crippen LogP contribution >= 0.6 is 0 Å². The number of hydrogen-bond donors (Lipinski definition) is 0. The zero-order chi connectivity index (χ0) is 14.6. The number of Topliss-reactive ketones (excluding diaryl/α,β-unsaturated/α-hetero) is 1. The molecule has 0 unspecified atom stereocenters. The number of ketones is 1. The first kappa shape index (κ1) is 15.0. The van der Waals surface area contributed by atoms with E-state index in [1.54, 1.807) is 0 Å². The average molecular weight is 275 g/mol. The van der Waals surface area contributed by atoms with Crippen molar-refractivity contribution in [3.05, 3.63) is 29.8 Å². The molecule has 1 aromatic carbocycles. The summed E-state index contributed by atoms with van der Waals surface area (Å²) < 4.78 is 5.75. The first-order chi connectivity index (χ1) is 9.62. The number of para-hydroxylation sites is 1. The Morgan fingerprint density at radius 1 is 1.25 bits per heavy atom. The number of carbonyl (C=O) groups is 1. The summed E-state index contributed by atoms with van der Waals surface area (Å²) in [5.41, 5.74) is 0.391. The molecule has 0 heterocycles. The molecule has 1 aromatic rings. The van der Waals surface area contributed by atoms with Gasteiger partial charge in [-0.05, 0) is 45.5 Å². The maximum atomic E-state index is 13.1. The Hall–Kier alpha value is -1.35. The Morgan fingerprint density at radius 2 is 1.90 bits per heavy atom. The predicted octanol–water partition coefficient (Wildman–Crippen LogP) is 3.53. The Bertz CT molecular complexity index is 462. The zero-order valence-corrected chi connectivity index (χ0v) is 12.8. The van der Waals surface area contributed by atoms with Crippen LogP contribution in [0.25, 0.3) is 0 Å². The summed E-state index contributed by atoms with van der Waals surface area (Å²) in [6, 6.07) is 7.65. The number of benzene rings is 1. The second kappa shape index (κ2) is 6.40. The SMILES string of the molecule is CCCOc1ccccc1C(=O)C1(N(C)C)CCCC1. The van der Waals surface area contributed by atoms with Gasteiger partial charge in [-0.15, -0.1) is 0 Å². The summed E-state index contributed by atoms with van der Waals surface area (Å²) in [5, 5.41) is 0. The highest BCUT2D eigenvalue weighted by atomic mass is 16.5. The van der Waals surface area contributed by atoms with E-state index in [2.05, 4.69) is 11.8 Å². The topological polar surface area (TPSA) is 29.5 Å². The summed E-state index contributed by atoms with van der Waals surface area (Å²) >= 11 is 0. The van der Waals surface area contributed by atoms with Gasteiger partial charge in [0.1, 0.15) is 5.75 Å². The molecule has 0 aromatic heterocycles. The molecule has 110 valence electrons. The van der Waals surface area contributed by atoms with Crippen LogP contribution in [0.3, 0.4) is 0 Å². The van der Waals surface area contributed by atoms with E-state index in [4.69, 9.17) is 4.74 Å². The summed E-state index contributed by atoms with van der Waals surface area (Å²) in [6.07, 6.45) is 5.09. The van der Waals surface area contributed by atoms with Crippen LogP contribution in [0, 0.1) is 0 Å². The second-order valence-electron chi connectivity index (χ2n) is 5.81. The lowest BCUT2D eigenvalue weighted by Gasteiger charge is -2.35. The van der Waals surface area contributed by atoms with E-state index in [1.807, 2.05) is 38.4 Å². The van der Waals surface area contributed by atoms with E-state index in [-0.39, 0.29) is 11.3 Å². The molecule has 0 radical (unpaired) electrons. The molecular weight excluding hydrogens is 250 g/mol. The molecule has 0 N–H and O–H groups in total. The Labute approximate surface area is 121 Å². The predicted molar refractivity (Wildman–Crippen MR) is 81.4 cm³/mol. The minimum absolute atomic E-state index is 0.215. The van der Waals surface area contributed by atoms with E-state index in [0.717, 1.165) is 43.4 Å². The lowest BCUT2D eigenvalue weighted by molar-refractivity contribution is 0.0689. The number of hydrogen-bond acceptors (Lipinski definition) is 3. The van der Waals surface area contributed by atoms with Gasteiger partial charge in [0.15, 0.2) is 5.78 Å². The van der Waals surface area contributed by atoms with Crippen molar-refractivity contribution in [2.75, 3.05) is 20.7 Å². The van der Waals surface area contributed by atoms with E-state index < -0.39 is 0 Å². The van der Waals surface area contributed by atoms with Gasteiger partial charge in [-0.1, -0.05) is 31.9 Å². The van der Waals surface area contributed by atoms with Crippen LogP contribution in [0.2, 0.25) is 0 Å². The number of nitrogens with zero attached hydrogens (tertiary/aromatic N) is 1. The molecule has 20 heavy (non-hydrogen) atoms. The summed E-state index contributed by atoms with van der Waals surface area (Å²) in [4.78, 5) is 15.2. The molecule has 0 amide bonds. The number of carbonyl (C=O) groups excluding carboxylic acids is 1. The number of rotatable bonds is 6. The quantitative estimate of drug-likeness (QED) is 0.744. The van der Waals surface area contributed by atoms with Crippen molar-refractivity contribution < 1.29 is 9.53 Å². The van der Waals surface area contributed by atoms with Crippen molar-refractivity contribution in [2.24, 2.45) is 0 Å². The Kier molecular flexibility index (Phi) is 4.81. The highest BCUT2D eigenvalue weighted by Crippen LogP contribution is 2.38. The van der Waals surface area contributed by atoms with Crippen LogP contribution < -0.4 is 4.74 Å². The minimum Gasteiger partial charge on any atom is -0.493 e. The molecule has 1 aliphatic carbocycles. The molecule has 1 saturated carbocycles. The summed E-state index contributed by atoms with van der Waals surface area (Å²) in [7, 11) is 4.03. The highest BCUT2D eigenvalue weighted by Gasteiger charge is 2.44. The van der Waals surface area contributed by atoms with Crippen molar-refractivity contribution >= 4 is 5.78 Å². The molecule has 3 nitrogen and oxygen atoms in total.